The van der Waals surface area contributed by atoms with Crippen LogP contribution >= 0.6 is 11.6 Å². The van der Waals surface area contributed by atoms with Gasteiger partial charge in [-0.2, -0.15) is 0 Å². The van der Waals surface area contributed by atoms with Crippen LogP contribution in [0.1, 0.15) is 6.92 Å². The summed E-state index contributed by atoms with van der Waals surface area (Å²) >= 11 is 6.03. The summed E-state index contributed by atoms with van der Waals surface area (Å²) in [6.07, 6.45) is 1.02. The number of ether oxygens (including phenoxy) is 3. The minimum atomic E-state index is -3.80. The van der Waals surface area contributed by atoms with Crippen molar-refractivity contribution in [3.05, 3.63) is 47.5 Å². The summed E-state index contributed by atoms with van der Waals surface area (Å²) in [5.74, 6) is 1.13. The van der Waals surface area contributed by atoms with Crippen LogP contribution in [0.4, 0.5) is 5.69 Å². The molecule has 0 saturated heterocycles. The van der Waals surface area contributed by atoms with Crippen molar-refractivity contribution in [2.24, 2.45) is 0 Å². The summed E-state index contributed by atoms with van der Waals surface area (Å²) in [5, 5.41) is 3.00. The molecule has 2 aromatic rings. The number of hydrogen-bond acceptors (Lipinski definition) is 6. The highest BCUT2D eigenvalue weighted by molar-refractivity contribution is 7.92. The van der Waals surface area contributed by atoms with Crippen molar-refractivity contribution in [2.75, 3.05) is 37.9 Å². The van der Waals surface area contributed by atoms with E-state index in [9.17, 15) is 13.2 Å². The maximum Gasteiger partial charge on any atom is 0.243 e. The van der Waals surface area contributed by atoms with E-state index in [0.29, 0.717) is 16.5 Å². The van der Waals surface area contributed by atoms with Crippen LogP contribution in [-0.4, -0.2) is 54.0 Å². The first kappa shape index (κ1) is 23.6. The maximum absolute atomic E-state index is 12.6. The third-order valence-corrected chi connectivity index (χ3v) is 5.66. The average Bonchev–Trinajstić information content (AvgIpc) is 2.70. The first-order valence-corrected chi connectivity index (χ1v) is 11.3. The number of sulfonamides is 1. The van der Waals surface area contributed by atoms with E-state index in [1.165, 1.54) is 20.1 Å². The van der Waals surface area contributed by atoms with Crippen LogP contribution in [0.25, 0.3) is 0 Å². The summed E-state index contributed by atoms with van der Waals surface area (Å²) in [7, 11) is -0.815. The number of hydrogen-bond donors (Lipinski definition) is 1. The minimum absolute atomic E-state index is 0.185. The van der Waals surface area contributed by atoms with Gasteiger partial charge in [0.1, 0.15) is 29.9 Å². The molecule has 1 amide bonds. The number of anilines is 1. The Hall–Kier alpha value is -2.65. The topological polar surface area (TPSA) is 94.2 Å². The normalized spacial score (nSPS) is 12.0. The van der Waals surface area contributed by atoms with Crippen LogP contribution in [0.3, 0.4) is 0 Å². The number of benzene rings is 2. The molecule has 2 aromatic carbocycles. The van der Waals surface area contributed by atoms with Crippen molar-refractivity contribution in [1.29, 1.82) is 0 Å². The minimum Gasteiger partial charge on any atom is -0.497 e. The zero-order valence-electron chi connectivity index (χ0n) is 17.2. The number of carbonyl (C=O) groups is 1. The molecule has 0 aliphatic rings. The van der Waals surface area contributed by atoms with Crippen molar-refractivity contribution < 1.29 is 27.4 Å². The van der Waals surface area contributed by atoms with Crippen molar-refractivity contribution in [3.63, 3.8) is 0 Å². The highest BCUT2D eigenvalue weighted by Crippen LogP contribution is 2.34. The molecule has 0 radical (unpaired) electrons. The lowest BCUT2D eigenvalue weighted by atomic mass is 10.2. The van der Waals surface area contributed by atoms with Crippen LogP contribution in [-0.2, 0) is 14.8 Å². The Balaban J connectivity index is 2.04. The molecule has 10 heteroatoms. The number of rotatable bonds is 10. The predicted molar refractivity (Wildman–Crippen MR) is 116 cm³/mol. The van der Waals surface area contributed by atoms with E-state index in [-0.39, 0.29) is 24.6 Å². The summed E-state index contributed by atoms with van der Waals surface area (Å²) in [6, 6.07) is 10.6. The van der Waals surface area contributed by atoms with Gasteiger partial charge in [-0.05, 0) is 49.4 Å². The zero-order chi connectivity index (χ0) is 22.3. The molecule has 0 saturated carbocycles. The Labute approximate surface area is 181 Å². The van der Waals surface area contributed by atoms with E-state index in [0.717, 1.165) is 10.6 Å². The smallest absolute Gasteiger partial charge is 0.243 e. The standard InChI is InChI=1S/C20H25ClN2O6S/c1-14(20(24)22-11-12-29-17-8-6-16(27-2)7-9-17)23(30(4,25)26)18-13-15(21)5-10-19(18)28-3/h5-10,13-14H,11-12H2,1-4H3,(H,22,24). The van der Waals surface area contributed by atoms with Gasteiger partial charge in [0.15, 0.2) is 0 Å². The van der Waals surface area contributed by atoms with Crippen LogP contribution in [0.2, 0.25) is 5.02 Å². The Morgan fingerprint density at radius 1 is 1.10 bits per heavy atom. The highest BCUT2D eigenvalue weighted by Gasteiger charge is 2.31. The first-order valence-electron chi connectivity index (χ1n) is 9.05. The number of amides is 1. The van der Waals surface area contributed by atoms with E-state index in [1.54, 1.807) is 43.5 Å². The van der Waals surface area contributed by atoms with Gasteiger partial charge >= 0.3 is 0 Å². The summed E-state index contributed by atoms with van der Waals surface area (Å²) in [4.78, 5) is 12.6. The van der Waals surface area contributed by atoms with Gasteiger partial charge < -0.3 is 19.5 Å². The number of methoxy groups -OCH3 is 2. The molecular weight excluding hydrogens is 432 g/mol. The number of nitrogens with one attached hydrogen (secondary N) is 1. The van der Waals surface area contributed by atoms with Crippen LogP contribution in [0.15, 0.2) is 42.5 Å². The van der Waals surface area contributed by atoms with Crippen LogP contribution in [0, 0.1) is 0 Å². The van der Waals surface area contributed by atoms with Gasteiger partial charge in [0.25, 0.3) is 0 Å². The SMILES string of the molecule is COc1ccc(OCCNC(=O)C(C)N(c2cc(Cl)ccc2OC)S(C)(=O)=O)cc1. The van der Waals surface area contributed by atoms with Crippen LogP contribution in [0.5, 0.6) is 17.2 Å². The summed E-state index contributed by atoms with van der Waals surface area (Å²) < 4.78 is 41.7. The van der Waals surface area contributed by atoms with E-state index < -0.39 is 22.0 Å². The third-order valence-electron chi connectivity index (χ3n) is 4.20. The largest absolute Gasteiger partial charge is 0.497 e. The Bertz CT molecular complexity index is 966. The van der Waals surface area contributed by atoms with E-state index >= 15 is 0 Å². The lowest BCUT2D eigenvalue weighted by Crippen LogP contribution is -2.48. The van der Waals surface area contributed by atoms with Gasteiger partial charge in [-0.1, -0.05) is 11.6 Å². The van der Waals surface area contributed by atoms with Gasteiger partial charge in [-0.3, -0.25) is 9.10 Å². The molecule has 0 fully saturated rings. The zero-order valence-corrected chi connectivity index (χ0v) is 18.8. The Morgan fingerprint density at radius 3 is 2.30 bits per heavy atom. The quantitative estimate of drug-likeness (QED) is 0.552. The van der Waals surface area contributed by atoms with Crippen LogP contribution < -0.4 is 23.8 Å². The number of halogens is 1. The molecule has 0 aromatic heterocycles. The van der Waals surface area contributed by atoms with Crippen molar-refractivity contribution in [3.8, 4) is 17.2 Å². The Morgan fingerprint density at radius 2 is 1.73 bits per heavy atom. The fourth-order valence-corrected chi connectivity index (χ4v) is 4.12. The van der Waals surface area contributed by atoms with Gasteiger partial charge in [0, 0.05) is 5.02 Å². The molecule has 164 valence electrons. The molecule has 1 atom stereocenters. The van der Waals surface area contributed by atoms with Gasteiger partial charge in [-0.15, -0.1) is 0 Å². The highest BCUT2D eigenvalue weighted by atomic mass is 35.5. The fourth-order valence-electron chi connectivity index (χ4n) is 2.78. The third kappa shape index (κ3) is 6.17. The molecule has 0 heterocycles. The van der Waals surface area contributed by atoms with E-state index in [4.69, 9.17) is 25.8 Å². The first-order chi connectivity index (χ1) is 14.2. The van der Waals surface area contributed by atoms with Crippen molar-refractivity contribution >= 4 is 33.2 Å². The van der Waals surface area contributed by atoms with Crippen molar-refractivity contribution in [2.45, 2.75) is 13.0 Å². The van der Waals surface area contributed by atoms with Gasteiger partial charge in [0.05, 0.1) is 32.7 Å². The number of carbonyl (C=O) groups excluding carboxylic acids is 1. The average molecular weight is 457 g/mol. The molecule has 30 heavy (non-hydrogen) atoms. The predicted octanol–water partition coefficient (Wildman–Crippen LogP) is 2.71. The second-order valence-corrected chi connectivity index (χ2v) is 8.66. The summed E-state index contributed by atoms with van der Waals surface area (Å²) in [6.45, 7) is 1.89. The fraction of sp³-hybridized carbons (Fsp3) is 0.350. The summed E-state index contributed by atoms with van der Waals surface area (Å²) in [5.41, 5.74) is 0.185. The Kier molecular flexibility index (Phi) is 8.19. The second-order valence-electron chi connectivity index (χ2n) is 6.37. The lowest BCUT2D eigenvalue weighted by Gasteiger charge is -2.29. The molecule has 2 rings (SSSR count). The number of nitrogens with zero attached hydrogens (tertiary/aromatic N) is 1. The second kappa shape index (κ2) is 10.4. The van der Waals surface area contributed by atoms with E-state index in [1.807, 2.05) is 0 Å². The molecule has 8 nitrogen and oxygen atoms in total. The monoisotopic (exact) mass is 456 g/mol. The lowest BCUT2D eigenvalue weighted by molar-refractivity contribution is -0.121. The van der Waals surface area contributed by atoms with E-state index in [2.05, 4.69) is 5.32 Å². The maximum atomic E-state index is 12.6. The molecule has 0 bridgehead atoms. The van der Waals surface area contributed by atoms with Gasteiger partial charge in [0.2, 0.25) is 15.9 Å². The molecule has 0 spiro atoms. The molecular formula is C20H25ClN2O6S. The molecule has 1 N–H and O–H groups in total. The molecule has 0 aliphatic carbocycles. The van der Waals surface area contributed by atoms with Crippen molar-refractivity contribution in [1.82, 2.24) is 5.32 Å². The van der Waals surface area contributed by atoms with Gasteiger partial charge in [-0.25, -0.2) is 8.42 Å². The molecule has 0 aliphatic heterocycles. The molecule has 1 unspecified atom stereocenters.